The Morgan fingerprint density at radius 3 is 2.79 bits per heavy atom. The molecule has 0 amide bonds. The Morgan fingerprint density at radius 2 is 2.21 bits per heavy atom. The lowest BCUT2D eigenvalue weighted by molar-refractivity contribution is 0.101. The predicted octanol–water partition coefficient (Wildman–Crippen LogP) is 3.14. The summed E-state index contributed by atoms with van der Waals surface area (Å²) in [5, 5.41) is 4.25. The van der Waals surface area contributed by atoms with E-state index in [1.54, 1.807) is 0 Å². The van der Waals surface area contributed by atoms with Gasteiger partial charge < -0.3 is 5.73 Å². The number of aryl methyl sites for hydroxylation is 2. The molecule has 2 rings (SSSR count). The van der Waals surface area contributed by atoms with Crippen LogP contribution in [0.3, 0.4) is 0 Å². The first-order valence-corrected chi connectivity index (χ1v) is 7.68. The molecule has 1 aliphatic rings. The molecule has 1 fully saturated rings. The van der Waals surface area contributed by atoms with Crippen molar-refractivity contribution in [3.05, 3.63) is 18.0 Å². The highest BCUT2D eigenvalue weighted by Gasteiger charge is 2.40. The molecule has 1 saturated carbocycles. The molecule has 3 heteroatoms. The standard InChI is InChI=1S/C16H29N3/c1-12(2)15-6-5-13(3)11-16(15,17)9-7-14-8-10-18-19(14)4/h8,10,12-13,15H,5-7,9,11,17H2,1-4H3. The topological polar surface area (TPSA) is 43.8 Å². The monoisotopic (exact) mass is 263 g/mol. The number of nitrogens with two attached hydrogens (primary N) is 1. The summed E-state index contributed by atoms with van der Waals surface area (Å²) in [6, 6.07) is 2.11. The Morgan fingerprint density at radius 1 is 1.47 bits per heavy atom. The summed E-state index contributed by atoms with van der Waals surface area (Å²) in [5.74, 6) is 2.12. The number of hydrogen-bond acceptors (Lipinski definition) is 2. The van der Waals surface area contributed by atoms with Crippen LogP contribution in [-0.2, 0) is 13.5 Å². The highest BCUT2D eigenvalue weighted by atomic mass is 15.2. The average molecular weight is 263 g/mol. The summed E-state index contributed by atoms with van der Waals surface area (Å²) in [7, 11) is 2.02. The Labute approximate surface area is 117 Å². The molecule has 0 saturated heterocycles. The van der Waals surface area contributed by atoms with Gasteiger partial charge in [0.25, 0.3) is 0 Å². The molecular formula is C16H29N3. The van der Waals surface area contributed by atoms with E-state index in [9.17, 15) is 0 Å². The summed E-state index contributed by atoms with van der Waals surface area (Å²) < 4.78 is 1.97. The fourth-order valence-electron chi connectivity index (χ4n) is 3.95. The molecule has 0 bridgehead atoms. The molecule has 1 heterocycles. The maximum atomic E-state index is 6.83. The van der Waals surface area contributed by atoms with Crippen LogP contribution in [0.1, 0.15) is 52.1 Å². The van der Waals surface area contributed by atoms with Gasteiger partial charge in [-0.15, -0.1) is 0 Å². The molecule has 3 nitrogen and oxygen atoms in total. The van der Waals surface area contributed by atoms with Gasteiger partial charge in [0.05, 0.1) is 0 Å². The molecule has 0 radical (unpaired) electrons. The molecule has 1 aliphatic carbocycles. The SMILES string of the molecule is CC1CCC(C(C)C)C(N)(CCc2ccnn2C)C1. The molecule has 3 atom stereocenters. The maximum Gasteiger partial charge on any atom is 0.0492 e. The normalized spacial score (nSPS) is 31.9. The molecule has 1 aromatic rings. The van der Waals surface area contributed by atoms with E-state index in [0.29, 0.717) is 11.8 Å². The Hall–Kier alpha value is -0.830. The van der Waals surface area contributed by atoms with Crippen LogP contribution in [0.25, 0.3) is 0 Å². The average Bonchev–Trinajstić information content (AvgIpc) is 2.71. The smallest absolute Gasteiger partial charge is 0.0492 e. The van der Waals surface area contributed by atoms with Crippen molar-refractivity contribution in [2.24, 2.45) is 30.5 Å². The summed E-state index contributed by atoms with van der Waals surface area (Å²) >= 11 is 0. The van der Waals surface area contributed by atoms with Crippen molar-refractivity contribution in [3.8, 4) is 0 Å². The quantitative estimate of drug-likeness (QED) is 0.907. The first-order chi connectivity index (χ1) is 8.92. The van der Waals surface area contributed by atoms with E-state index in [1.807, 2.05) is 17.9 Å². The van der Waals surface area contributed by atoms with Gasteiger partial charge in [0.2, 0.25) is 0 Å². The highest BCUT2D eigenvalue weighted by Crippen LogP contribution is 2.41. The molecule has 0 aromatic carbocycles. The van der Waals surface area contributed by atoms with Crippen molar-refractivity contribution in [2.45, 2.75) is 58.4 Å². The predicted molar refractivity (Wildman–Crippen MR) is 79.8 cm³/mol. The molecule has 19 heavy (non-hydrogen) atoms. The van der Waals surface area contributed by atoms with Crippen molar-refractivity contribution >= 4 is 0 Å². The third-order valence-electron chi connectivity index (χ3n) is 5.01. The number of hydrogen-bond donors (Lipinski definition) is 1. The largest absolute Gasteiger partial charge is 0.325 e. The van der Waals surface area contributed by atoms with Crippen LogP contribution in [0, 0.1) is 17.8 Å². The van der Waals surface area contributed by atoms with Gasteiger partial charge in [-0.2, -0.15) is 5.10 Å². The lowest BCUT2D eigenvalue weighted by atomic mass is 9.63. The maximum absolute atomic E-state index is 6.83. The minimum atomic E-state index is 0.0100. The zero-order chi connectivity index (χ0) is 14.0. The van der Waals surface area contributed by atoms with Crippen molar-refractivity contribution in [2.75, 3.05) is 0 Å². The first kappa shape index (κ1) is 14.6. The van der Waals surface area contributed by atoms with Gasteiger partial charge >= 0.3 is 0 Å². The van der Waals surface area contributed by atoms with Crippen LogP contribution in [0.5, 0.6) is 0 Å². The third-order valence-corrected chi connectivity index (χ3v) is 5.01. The third kappa shape index (κ3) is 3.19. The summed E-state index contributed by atoms with van der Waals surface area (Å²) in [4.78, 5) is 0. The van der Waals surface area contributed by atoms with Crippen LogP contribution in [0.15, 0.2) is 12.3 Å². The molecule has 3 unspecified atom stereocenters. The first-order valence-electron chi connectivity index (χ1n) is 7.68. The van der Waals surface area contributed by atoms with Crippen molar-refractivity contribution in [1.29, 1.82) is 0 Å². The summed E-state index contributed by atoms with van der Waals surface area (Å²) in [6.07, 6.45) is 7.81. The van der Waals surface area contributed by atoms with E-state index in [2.05, 4.69) is 31.9 Å². The van der Waals surface area contributed by atoms with Gasteiger partial charge in [-0.3, -0.25) is 4.68 Å². The minimum Gasteiger partial charge on any atom is -0.325 e. The Balaban J connectivity index is 2.07. The molecule has 0 spiro atoms. The van der Waals surface area contributed by atoms with Crippen molar-refractivity contribution < 1.29 is 0 Å². The summed E-state index contributed by atoms with van der Waals surface area (Å²) in [5.41, 5.74) is 8.14. The van der Waals surface area contributed by atoms with E-state index in [4.69, 9.17) is 5.73 Å². The Kier molecular flexibility index (Phi) is 4.34. The van der Waals surface area contributed by atoms with Gasteiger partial charge in [-0.25, -0.2) is 0 Å². The molecule has 108 valence electrons. The second-order valence-electron chi connectivity index (χ2n) is 6.92. The second-order valence-corrected chi connectivity index (χ2v) is 6.92. The fourth-order valence-corrected chi connectivity index (χ4v) is 3.95. The van der Waals surface area contributed by atoms with Gasteiger partial charge in [-0.1, -0.05) is 27.2 Å². The highest BCUT2D eigenvalue weighted by molar-refractivity contribution is 5.04. The van der Waals surface area contributed by atoms with Crippen LogP contribution < -0.4 is 5.73 Å². The van der Waals surface area contributed by atoms with Gasteiger partial charge in [0.1, 0.15) is 0 Å². The molecule has 2 N–H and O–H groups in total. The zero-order valence-corrected chi connectivity index (χ0v) is 12.9. The van der Waals surface area contributed by atoms with Gasteiger partial charge in [-0.05, 0) is 49.5 Å². The fraction of sp³-hybridized carbons (Fsp3) is 0.812. The molecule has 0 aliphatic heterocycles. The van der Waals surface area contributed by atoms with E-state index >= 15 is 0 Å². The van der Waals surface area contributed by atoms with Crippen LogP contribution in [-0.4, -0.2) is 15.3 Å². The van der Waals surface area contributed by atoms with E-state index in [-0.39, 0.29) is 5.54 Å². The minimum absolute atomic E-state index is 0.0100. The van der Waals surface area contributed by atoms with E-state index < -0.39 is 0 Å². The van der Waals surface area contributed by atoms with Crippen molar-refractivity contribution in [1.82, 2.24) is 9.78 Å². The number of rotatable bonds is 4. The number of aromatic nitrogens is 2. The lowest BCUT2D eigenvalue weighted by Gasteiger charge is -2.46. The van der Waals surface area contributed by atoms with Crippen molar-refractivity contribution in [3.63, 3.8) is 0 Å². The molecule has 1 aromatic heterocycles. The van der Waals surface area contributed by atoms with Crippen LogP contribution in [0.4, 0.5) is 0 Å². The van der Waals surface area contributed by atoms with E-state index in [1.165, 1.54) is 25.0 Å². The molecular weight excluding hydrogens is 234 g/mol. The zero-order valence-electron chi connectivity index (χ0n) is 12.9. The number of nitrogens with zero attached hydrogens (tertiary/aromatic N) is 2. The summed E-state index contributed by atoms with van der Waals surface area (Å²) in [6.45, 7) is 7.00. The Bertz CT molecular complexity index is 410. The lowest BCUT2D eigenvalue weighted by Crippen LogP contribution is -2.53. The van der Waals surface area contributed by atoms with Gasteiger partial charge in [0.15, 0.2) is 0 Å². The van der Waals surface area contributed by atoms with Gasteiger partial charge in [0, 0.05) is 24.5 Å². The van der Waals surface area contributed by atoms with E-state index in [0.717, 1.165) is 18.8 Å². The second kappa shape index (κ2) is 5.66. The van der Waals surface area contributed by atoms with Crippen LogP contribution in [0.2, 0.25) is 0 Å². The van der Waals surface area contributed by atoms with Crippen LogP contribution >= 0.6 is 0 Å².